The zero-order chi connectivity index (χ0) is 9.78. The van der Waals surface area contributed by atoms with E-state index in [9.17, 15) is 8.77 Å². The molecule has 0 radical (unpaired) electrons. The van der Waals surface area contributed by atoms with Gasteiger partial charge in [-0.15, -0.1) is 0 Å². The van der Waals surface area contributed by atoms with Gasteiger partial charge in [-0.05, 0) is 13.3 Å². The molecule has 7 heteroatoms. The van der Waals surface area contributed by atoms with Gasteiger partial charge in [0.05, 0.1) is 6.10 Å². The van der Waals surface area contributed by atoms with Crippen molar-refractivity contribution in [3.8, 4) is 0 Å². The Kier molecular flexibility index (Phi) is 5.20. The van der Waals surface area contributed by atoms with E-state index in [1.165, 1.54) is 0 Å². The summed E-state index contributed by atoms with van der Waals surface area (Å²) < 4.78 is 30.6. The van der Waals surface area contributed by atoms with Gasteiger partial charge in [-0.3, -0.25) is 4.18 Å². The van der Waals surface area contributed by atoms with Crippen LogP contribution in [-0.2, 0) is 24.0 Å². The summed E-state index contributed by atoms with van der Waals surface area (Å²) >= 11 is 0. The summed E-state index contributed by atoms with van der Waals surface area (Å²) in [7, 11) is -1.26. The van der Waals surface area contributed by atoms with E-state index in [0.29, 0.717) is 6.42 Å². The highest BCUT2D eigenvalue weighted by Gasteiger charge is 2.29. The first-order chi connectivity index (χ1) is 5.44. The van der Waals surface area contributed by atoms with Crippen LogP contribution in [0.2, 0.25) is 0 Å². The maximum Gasteiger partial charge on any atom is 0.442 e. The zero-order valence-electron chi connectivity index (χ0n) is 7.22. The van der Waals surface area contributed by atoms with E-state index in [0.717, 1.165) is 7.11 Å². The minimum absolute atomic E-state index is 0.318. The molecule has 1 N–H and O–H groups in total. The first kappa shape index (κ1) is 12.3. The van der Waals surface area contributed by atoms with Gasteiger partial charge >= 0.3 is 6.80 Å². The van der Waals surface area contributed by atoms with Crippen molar-refractivity contribution in [3.63, 3.8) is 0 Å². The molecule has 74 valence electrons. The summed E-state index contributed by atoms with van der Waals surface area (Å²) in [5.41, 5.74) is 0. The maximum atomic E-state index is 10.9. The van der Waals surface area contributed by atoms with Crippen molar-refractivity contribution in [2.24, 2.45) is 0 Å². The Morgan fingerprint density at radius 1 is 1.67 bits per heavy atom. The largest absolute Gasteiger partial charge is 0.442 e. The molecular weight excluding hydrogens is 203 g/mol. The fourth-order valence-corrected chi connectivity index (χ4v) is 2.10. The lowest BCUT2D eigenvalue weighted by molar-refractivity contribution is 0.240. The molecule has 0 amide bonds. The smallest absolute Gasteiger partial charge is 0.313 e. The van der Waals surface area contributed by atoms with Crippen LogP contribution in [0.25, 0.3) is 0 Å². The van der Waals surface area contributed by atoms with E-state index >= 15 is 0 Å². The molecule has 0 aliphatic rings. The first-order valence-electron chi connectivity index (χ1n) is 3.42. The number of rotatable bonds is 5. The molecule has 0 aliphatic carbocycles. The lowest BCUT2D eigenvalue weighted by atomic mass is 10.3. The lowest BCUT2D eigenvalue weighted by Crippen LogP contribution is -2.09. The highest BCUT2D eigenvalue weighted by molar-refractivity contribution is 8.43. The van der Waals surface area contributed by atoms with Gasteiger partial charge in [0, 0.05) is 7.11 Å². The van der Waals surface area contributed by atoms with Gasteiger partial charge in [-0.25, -0.2) is 8.77 Å². The van der Waals surface area contributed by atoms with E-state index < -0.39 is 17.5 Å². The van der Waals surface area contributed by atoms with Crippen LogP contribution in [0.5, 0.6) is 0 Å². The van der Waals surface area contributed by atoms with E-state index in [1.54, 1.807) is 6.92 Å². The predicted octanol–water partition coefficient (Wildman–Crippen LogP) is 1.21. The molecule has 0 aromatic rings. The summed E-state index contributed by atoms with van der Waals surface area (Å²) in [5, 5.41) is 0. The van der Waals surface area contributed by atoms with Gasteiger partial charge in [-0.2, -0.15) is 0 Å². The van der Waals surface area contributed by atoms with Crippen molar-refractivity contribution >= 4 is 17.5 Å². The minimum atomic E-state index is -4.08. The minimum Gasteiger partial charge on any atom is -0.313 e. The Labute approximate surface area is 74.0 Å². The van der Waals surface area contributed by atoms with Gasteiger partial charge in [0.15, 0.2) is 0 Å². The molecule has 3 atom stereocenters. The van der Waals surface area contributed by atoms with Crippen molar-refractivity contribution in [3.05, 3.63) is 0 Å². The molecular formula is C5H13O5PS. The van der Waals surface area contributed by atoms with E-state index in [1.807, 2.05) is 6.92 Å². The molecule has 0 saturated carbocycles. The normalized spacial score (nSPS) is 21.3. The molecule has 0 aliphatic heterocycles. The average Bonchev–Trinajstić information content (AvgIpc) is 2.04. The van der Waals surface area contributed by atoms with Crippen LogP contribution in [0.15, 0.2) is 0 Å². The van der Waals surface area contributed by atoms with E-state index in [4.69, 9.17) is 4.89 Å². The van der Waals surface area contributed by atoms with Crippen molar-refractivity contribution in [2.45, 2.75) is 26.4 Å². The molecule has 0 heterocycles. The molecule has 0 saturated heterocycles. The van der Waals surface area contributed by atoms with Gasteiger partial charge < -0.3 is 9.42 Å². The summed E-state index contributed by atoms with van der Waals surface area (Å²) in [6.07, 6.45) is 0.302. The van der Waals surface area contributed by atoms with Crippen LogP contribution in [-0.4, -0.2) is 22.3 Å². The number of hydrogen-bond donors (Lipinski definition) is 1. The third-order valence-electron chi connectivity index (χ3n) is 1.24. The van der Waals surface area contributed by atoms with Crippen molar-refractivity contribution in [1.82, 2.24) is 0 Å². The molecule has 0 spiro atoms. The van der Waals surface area contributed by atoms with Crippen LogP contribution in [0.4, 0.5) is 0 Å². The topological polar surface area (TPSA) is 72.8 Å². The van der Waals surface area contributed by atoms with Gasteiger partial charge in [0.25, 0.3) is 10.7 Å². The Bertz CT molecular complexity index is 206. The van der Waals surface area contributed by atoms with Crippen molar-refractivity contribution < 1.29 is 22.4 Å². The summed E-state index contributed by atoms with van der Waals surface area (Å²) in [6.45, 7) is -0.605. The van der Waals surface area contributed by atoms with Crippen LogP contribution in [0.1, 0.15) is 20.3 Å². The van der Waals surface area contributed by atoms with Crippen LogP contribution < -0.4 is 0 Å². The van der Waals surface area contributed by atoms with Crippen molar-refractivity contribution in [1.29, 1.82) is 0 Å². The van der Waals surface area contributed by atoms with Crippen LogP contribution in [0.3, 0.4) is 0 Å². The molecule has 0 fully saturated rings. The second-order valence-electron chi connectivity index (χ2n) is 2.18. The second-order valence-corrected chi connectivity index (χ2v) is 6.39. The zero-order valence-corrected chi connectivity index (χ0v) is 8.93. The molecule has 0 bridgehead atoms. The highest BCUT2D eigenvalue weighted by atomic mass is 32.8. The quantitative estimate of drug-likeness (QED) is 0.699. The lowest BCUT2D eigenvalue weighted by Gasteiger charge is -2.11. The van der Waals surface area contributed by atoms with Gasteiger partial charge in [0.1, 0.15) is 0 Å². The van der Waals surface area contributed by atoms with Gasteiger partial charge in [0.2, 0.25) is 0 Å². The maximum absolute atomic E-state index is 10.9. The molecule has 3 unspecified atom stereocenters. The third kappa shape index (κ3) is 3.78. The van der Waals surface area contributed by atoms with Crippen molar-refractivity contribution in [2.75, 3.05) is 7.11 Å². The predicted molar refractivity (Wildman–Crippen MR) is 45.8 cm³/mol. The Balaban J connectivity index is 4.13. The van der Waals surface area contributed by atoms with E-state index in [-0.39, 0.29) is 6.10 Å². The summed E-state index contributed by atoms with van der Waals surface area (Å²) in [5.74, 6) is 0. The fraction of sp³-hybridized carbons (Fsp3) is 1.00. The third-order valence-corrected chi connectivity index (χ3v) is 4.41. The summed E-state index contributed by atoms with van der Waals surface area (Å²) in [6, 6.07) is 0. The molecule has 12 heavy (non-hydrogen) atoms. The summed E-state index contributed by atoms with van der Waals surface area (Å²) in [4.78, 5) is 8.84. The highest BCUT2D eigenvalue weighted by Crippen LogP contribution is 2.46. The van der Waals surface area contributed by atoms with E-state index in [2.05, 4.69) is 8.71 Å². The average molecular weight is 216 g/mol. The second kappa shape index (κ2) is 5.09. The van der Waals surface area contributed by atoms with Crippen LogP contribution in [0, 0.1) is 0 Å². The van der Waals surface area contributed by atoms with Gasteiger partial charge in [-0.1, -0.05) is 6.92 Å². The standard InChI is InChI=1S/C5H13O5PS/c1-4-5(2)10-12(8)11(6,7)9-3/h5H,4H2,1-3H3,(H,6,7). The monoisotopic (exact) mass is 216 g/mol. The van der Waals surface area contributed by atoms with Crippen LogP contribution >= 0.6 is 6.80 Å². The molecule has 0 aromatic heterocycles. The number of hydrogen-bond acceptors (Lipinski definition) is 4. The molecule has 0 aromatic carbocycles. The SMILES string of the molecule is CCC(C)OS(=O)P(=O)(O)OC. The first-order valence-corrected chi connectivity index (χ1v) is 6.68. The Morgan fingerprint density at radius 3 is 2.50 bits per heavy atom. The Morgan fingerprint density at radius 2 is 2.17 bits per heavy atom. The Hall–Kier alpha value is 0.260. The molecule has 0 rings (SSSR count). The fourth-order valence-electron chi connectivity index (χ4n) is 0.324. The molecule has 5 nitrogen and oxygen atoms in total.